The molecule has 0 aliphatic rings. The van der Waals surface area contributed by atoms with Crippen molar-refractivity contribution in [2.75, 3.05) is 5.32 Å². The van der Waals surface area contributed by atoms with Crippen molar-refractivity contribution in [1.82, 2.24) is 14.5 Å². The Morgan fingerprint density at radius 3 is 2.46 bits per heavy atom. The van der Waals surface area contributed by atoms with Gasteiger partial charge in [-0.3, -0.25) is 9.48 Å². The molecule has 2 N–H and O–H groups in total. The Kier molecular flexibility index (Phi) is 5.53. The number of nitrogens with one attached hydrogen (secondary N) is 2. The molecule has 0 radical (unpaired) electrons. The molecule has 24 heavy (non-hydrogen) atoms. The van der Waals surface area contributed by atoms with Gasteiger partial charge in [-0.2, -0.15) is 5.10 Å². The molecule has 0 fully saturated rings. The number of hydrogen-bond donors (Lipinski definition) is 2. The molecule has 2 rings (SSSR count). The van der Waals surface area contributed by atoms with E-state index in [4.69, 9.17) is 0 Å². The van der Waals surface area contributed by atoms with Crippen LogP contribution in [-0.2, 0) is 21.9 Å². The topological polar surface area (TPSA) is 93.1 Å². The first-order valence-corrected chi connectivity index (χ1v) is 8.85. The lowest BCUT2D eigenvalue weighted by molar-refractivity contribution is -0.111. The van der Waals surface area contributed by atoms with Crippen molar-refractivity contribution in [3.8, 4) is 0 Å². The molecule has 0 saturated carbocycles. The van der Waals surface area contributed by atoms with E-state index in [9.17, 15) is 13.2 Å². The van der Waals surface area contributed by atoms with Crippen LogP contribution < -0.4 is 10.0 Å². The molecule has 2 aromatic rings. The van der Waals surface area contributed by atoms with E-state index in [1.54, 1.807) is 56.2 Å². The lowest BCUT2D eigenvalue weighted by Crippen LogP contribution is -2.30. The van der Waals surface area contributed by atoms with Crippen LogP contribution in [0.15, 0.2) is 47.6 Å². The van der Waals surface area contributed by atoms with Gasteiger partial charge in [-0.25, -0.2) is 13.1 Å². The molecule has 1 heterocycles. The molecule has 0 aliphatic heterocycles. The lowest BCUT2D eigenvalue weighted by Gasteiger charge is -2.10. The molecule has 0 aliphatic carbocycles. The van der Waals surface area contributed by atoms with E-state index >= 15 is 0 Å². The van der Waals surface area contributed by atoms with E-state index in [1.807, 2.05) is 0 Å². The minimum atomic E-state index is -3.53. The summed E-state index contributed by atoms with van der Waals surface area (Å²) in [4.78, 5) is 12.0. The maximum Gasteiger partial charge on any atom is 0.248 e. The normalized spacial score (nSPS) is 12.0. The van der Waals surface area contributed by atoms with E-state index in [-0.39, 0.29) is 16.8 Å². The van der Waals surface area contributed by atoms with Gasteiger partial charge in [0.1, 0.15) is 0 Å². The number of rotatable bonds is 6. The van der Waals surface area contributed by atoms with Gasteiger partial charge in [-0.05, 0) is 44.2 Å². The van der Waals surface area contributed by atoms with Crippen molar-refractivity contribution < 1.29 is 13.2 Å². The number of nitrogens with zero attached hydrogens (tertiary/aromatic N) is 2. The summed E-state index contributed by atoms with van der Waals surface area (Å²) in [5, 5.41) is 6.67. The zero-order chi connectivity index (χ0) is 17.7. The Morgan fingerprint density at radius 1 is 1.25 bits per heavy atom. The van der Waals surface area contributed by atoms with Crippen LogP contribution >= 0.6 is 0 Å². The molecule has 8 heteroatoms. The Morgan fingerprint density at radius 2 is 1.92 bits per heavy atom. The smallest absolute Gasteiger partial charge is 0.248 e. The van der Waals surface area contributed by atoms with E-state index < -0.39 is 10.0 Å². The van der Waals surface area contributed by atoms with Crippen LogP contribution in [0.25, 0.3) is 6.08 Å². The molecule has 0 bridgehead atoms. The molecule has 0 saturated heterocycles. The first-order valence-electron chi connectivity index (χ1n) is 7.36. The van der Waals surface area contributed by atoms with Gasteiger partial charge in [0.05, 0.1) is 11.1 Å². The third-order valence-electron chi connectivity index (χ3n) is 2.98. The van der Waals surface area contributed by atoms with Crippen LogP contribution in [0.1, 0.15) is 19.4 Å². The van der Waals surface area contributed by atoms with Crippen molar-refractivity contribution >= 4 is 27.7 Å². The van der Waals surface area contributed by atoms with Crippen LogP contribution in [0.3, 0.4) is 0 Å². The van der Waals surface area contributed by atoms with Crippen LogP contribution in [0, 0.1) is 0 Å². The second-order valence-electron chi connectivity index (χ2n) is 5.57. The van der Waals surface area contributed by atoms with Crippen molar-refractivity contribution in [3.05, 3.63) is 48.3 Å². The SMILES string of the molecule is CC(C)NS(=O)(=O)c1ccc(NC(=O)/C=C/c2cnn(C)c2)cc1. The molecule has 1 aromatic heterocycles. The van der Waals surface area contributed by atoms with Gasteiger partial charge in [0.15, 0.2) is 0 Å². The summed E-state index contributed by atoms with van der Waals surface area (Å²) in [5.74, 6) is -0.310. The Hall–Kier alpha value is -2.45. The number of carbonyl (C=O) groups excluding carboxylic acids is 1. The highest BCUT2D eigenvalue weighted by molar-refractivity contribution is 7.89. The van der Waals surface area contributed by atoms with Gasteiger partial charge < -0.3 is 5.32 Å². The Balaban J connectivity index is 2.01. The van der Waals surface area contributed by atoms with Gasteiger partial charge in [0.25, 0.3) is 0 Å². The van der Waals surface area contributed by atoms with Crippen LogP contribution in [0.5, 0.6) is 0 Å². The van der Waals surface area contributed by atoms with E-state index in [1.165, 1.54) is 18.2 Å². The van der Waals surface area contributed by atoms with Gasteiger partial charge in [0, 0.05) is 36.6 Å². The summed E-state index contributed by atoms with van der Waals surface area (Å²) in [6.07, 6.45) is 6.46. The summed E-state index contributed by atoms with van der Waals surface area (Å²) in [6.45, 7) is 3.50. The van der Waals surface area contributed by atoms with E-state index in [2.05, 4.69) is 15.1 Å². The summed E-state index contributed by atoms with van der Waals surface area (Å²) in [6, 6.07) is 5.80. The van der Waals surface area contributed by atoms with Crippen LogP contribution in [0.4, 0.5) is 5.69 Å². The predicted molar refractivity (Wildman–Crippen MR) is 92.8 cm³/mol. The minimum absolute atomic E-state index is 0.153. The summed E-state index contributed by atoms with van der Waals surface area (Å²) in [5.41, 5.74) is 1.33. The number of aromatic nitrogens is 2. The molecule has 1 amide bonds. The number of anilines is 1. The fraction of sp³-hybridized carbons (Fsp3) is 0.250. The third kappa shape index (κ3) is 5.04. The van der Waals surface area contributed by atoms with Gasteiger partial charge in [0.2, 0.25) is 15.9 Å². The average Bonchev–Trinajstić information content (AvgIpc) is 2.90. The zero-order valence-electron chi connectivity index (χ0n) is 13.7. The number of carbonyl (C=O) groups is 1. The summed E-state index contributed by atoms with van der Waals surface area (Å²) in [7, 11) is -1.74. The molecular weight excluding hydrogens is 328 g/mol. The van der Waals surface area contributed by atoms with Crippen molar-refractivity contribution in [3.63, 3.8) is 0 Å². The fourth-order valence-corrected chi connectivity index (χ4v) is 3.23. The Labute approximate surface area is 141 Å². The highest BCUT2D eigenvalue weighted by atomic mass is 32.2. The number of sulfonamides is 1. The van der Waals surface area contributed by atoms with Gasteiger partial charge in [-0.1, -0.05) is 0 Å². The van der Waals surface area contributed by atoms with Crippen LogP contribution in [-0.4, -0.2) is 30.1 Å². The maximum absolute atomic E-state index is 12.0. The van der Waals surface area contributed by atoms with E-state index in [0.29, 0.717) is 5.69 Å². The highest BCUT2D eigenvalue weighted by Crippen LogP contribution is 2.14. The Bertz CT molecular complexity index is 836. The van der Waals surface area contributed by atoms with E-state index in [0.717, 1.165) is 5.56 Å². The van der Waals surface area contributed by atoms with Crippen LogP contribution in [0.2, 0.25) is 0 Å². The summed E-state index contributed by atoms with van der Waals surface area (Å²) >= 11 is 0. The third-order valence-corrected chi connectivity index (χ3v) is 4.65. The molecular formula is C16H20N4O3S. The zero-order valence-corrected chi connectivity index (χ0v) is 14.5. The number of amides is 1. The molecule has 0 spiro atoms. The predicted octanol–water partition coefficient (Wildman–Crippen LogP) is 1.76. The number of benzene rings is 1. The quantitative estimate of drug-likeness (QED) is 0.778. The second kappa shape index (κ2) is 7.41. The summed E-state index contributed by atoms with van der Waals surface area (Å²) < 4.78 is 28.2. The largest absolute Gasteiger partial charge is 0.323 e. The fourth-order valence-electron chi connectivity index (χ4n) is 1.98. The highest BCUT2D eigenvalue weighted by Gasteiger charge is 2.14. The first kappa shape index (κ1) is 17.9. The lowest BCUT2D eigenvalue weighted by atomic mass is 10.3. The monoisotopic (exact) mass is 348 g/mol. The van der Waals surface area contributed by atoms with Crippen molar-refractivity contribution in [2.45, 2.75) is 24.8 Å². The standard InChI is InChI=1S/C16H20N4O3S/c1-12(2)19-24(22,23)15-7-5-14(6-8-15)18-16(21)9-4-13-10-17-20(3)11-13/h4-12,19H,1-3H3,(H,18,21)/b9-4+. The van der Waals surface area contributed by atoms with Gasteiger partial charge >= 0.3 is 0 Å². The molecule has 128 valence electrons. The van der Waals surface area contributed by atoms with Crippen molar-refractivity contribution in [2.24, 2.45) is 7.05 Å². The molecule has 0 unspecified atom stereocenters. The number of aryl methyl sites for hydroxylation is 1. The maximum atomic E-state index is 12.0. The average molecular weight is 348 g/mol. The minimum Gasteiger partial charge on any atom is -0.323 e. The molecule has 1 aromatic carbocycles. The first-order chi connectivity index (χ1) is 11.3. The molecule has 7 nitrogen and oxygen atoms in total. The molecule has 0 atom stereocenters. The number of hydrogen-bond acceptors (Lipinski definition) is 4. The second-order valence-corrected chi connectivity index (χ2v) is 7.28. The van der Waals surface area contributed by atoms with Gasteiger partial charge in [-0.15, -0.1) is 0 Å². The van der Waals surface area contributed by atoms with Crippen molar-refractivity contribution in [1.29, 1.82) is 0 Å².